The number of rotatable bonds is 14. The normalized spacial score (nSPS) is 15.1. The van der Waals surface area contributed by atoms with Crippen molar-refractivity contribution in [3.05, 3.63) is 64.1 Å². The van der Waals surface area contributed by atoms with E-state index in [1.165, 1.54) is 5.56 Å². The van der Waals surface area contributed by atoms with Crippen LogP contribution in [0.15, 0.2) is 53.0 Å². The molecular formula is C25H33BrO5. The molecule has 6 heteroatoms. The van der Waals surface area contributed by atoms with Crippen LogP contribution in [0.3, 0.4) is 0 Å². The summed E-state index contributed by atoms with van der Waals surface area (Å²) in [4.78, 5) is 11.4. The van der Waals surface area contributed by atoms with Crippen molar-refractivity contribution < 1.29 is 23.7 Å². The van der Waals surface area contributed by atoms with E-state index in [1.54, 1.807) is 14.2 Å². The third-order valence-corrected chi connectivity index (χ3v) is 5.64. The van der Waals surface area contributed by atoms with Crippen LogP contribution in [0.4, 0.5) is 0 Å². The highest BCUT2D eigenvalue weighted by Crippen LogP contribution is 2.27. The first-order valence-electron chi connectivity index (χ1n) is 10.5. The molecule has 0 N–H and O–H groups in total. The van der Waals surface area contributed by atoms with Gasteiger partial charge in [0.15, 0.2) is 0 Å². The van der Waals surface area contributed by atoms with Gasteiger partial charge >= 0.3 is 0 Å². The van der Waals surface area contributed by atoms with Crippen molar-refractivity contribution in [3.63, 3.8) is 0 Å². The second-order valence-corrected chi connectivity index (χ2v) is 8.84. The first kappa shape index (κ1) is 25.5. The Balaban J connectivity index is 2.01. The van der Waals surface area contributed by atoms with Gasteiger partial charge in [0.25, 0.3) is 0 Å². The minimum Gasteiger partial charge on any atom is -0.489 e. The Morgan fingerprint density at radius 2 is 1.77 bits per heavy atom. The van der Waals surface area contributed by atoms with E-state index in [1.807, 2.05) is 43.3 Å². The average molecular weight is 493 g/mol. The molecule has 31 heavy (non-hydrogen) atoms. The molecule has 170 valence electrons. The molecule has 0 unspecified atom stereocenters. The fourth-order valence-corrected chi connectivity index (χ4v) is 4.15. The number of carbonyl (C=O) groups excluding carboxylic acids is 1. The minimum absolute atomic E-state index is 0.130. The number of ether oxygens (including phenoxy) is 4. The molecule has 0 fully saturated rings. The summed E-state index contributed by atoms with van der Waals surface area (Å²) in [5.74, 6) is 0.865. The van der Waals surface area contributed by atoms with Crippen molar-refractivity contribution >= 4 is 22.2 Å². The Labute approximate surface area is 194 Å². The zero-order chi connectivity index (χ0) is 22.6. The zero-order valence-electron chi connectivity index (χ0n) is 18.8. The van der Waals surface area contributed by atoms with Crippen molar-refractivity contribution in [1.82, 2.24) is 0 Å². The highest BCUT2D eigenvalue weighted by molar-refractivity contribution is 9.10. The van der Waals surface area contributed by atoms with Gasteiger partial charge in [0.2, 0.25) is 0 Å². The van der Waals surface area contributed by atoms with Crippen LogP contribution in [0, 0.1) is 11.8 Å². The molecule has 2 aromatic rings. The number of aldehydes is 1. The summed E-state index contributed by atoms with van der Waals surface area (Å²) in [6.45, 7) is 4.68. The summed E-state index contributed by atoms with van der Waals surface area (Å²) in [6.07, 6.45) is 1.97. The van der Waals surface area contributed by atoms with Crippen molar-refractivity contribution in [2.75, 3.05) is 21.0 Å². The number of hydrogen-bond acceptors (Lipinski definition) is 5. The van der Waals surface area contributed by atoms with E-state index < -0.39 is 0 Å². The lowest BCUT2D eigenvalue weighted by atomic mass is 9.90. The van der Waals surface area contributed by atoms with Gasteiger partial charge in [0.05, 0.1) is 12.2 Å². The van der Waals surface area contributed by atoms with E-state index in [0.717, 1.165) is 34.9 Å². The maximum Gasteiger partial charge on any atom is 0.146 e. The molecule has 2 aromatic carbocycles. The fraction of sp³-hybridized carbons (Fsp3) is 0.480. The van der Waals surface area contributed by atoms with Crippen molar-refractivity contribution in [1.29, 1.82) is 0 Å². The second kappa shape index (κ2) is 13.6. The van der Waals surface area contributed by atoms with E-state index in [-0.39, 0.29) is 24.9 Å². The molecule has 2 rings (SSSR count). The van der Waals surface area contributed by atoms with E-state index in [2.05, 4.69) is 35.0 Å². The third kappa shape index (κ3) is 8.73. The largest absolute Gasteiger partial charge is 0.489 e. The summed E-state index contributed by atoms with van der Waals surface area (Å²) in [5.41, 5.74) is 2.31. The maximum atomic E-state index is 11.4. The number of halogens is 1. The molecular weight excluding hydrogens is 460 g/mol. The first-order valence-corrected chi connectivity index (χ1v) is 11.3. The van der Waals surface area contributed by atoms with Gasteiger partial charge in [-0.2, -0.15) is 0 Å². The molecule has 0 aromatic heterocycles. The van der Waals surface area contributed by atoms with Gasteiger partial charge in [-0.1, -0.05) is 60.1 Å². The Bertz CT molecular complexity index is 783. The standard InChI is InChI=1S/C25H33BrO5/c1-18(11-24(29-4)25(19(2)15-27)31-17-28-3)10-21-12-22(26)14-23(13-21)30-16-20-8-6-5-7-9-20/h5-9,12-15,18-19,24-25H,10-11,16-17H2,1-4H3/t18-,19+,24+,25-/m1/s1. The molecule has 0 heterocycles. The van der Waals surface area contributed by atoms with Crippen LogP contribution in [0.2, 0.25) is 0 Å². The van der Waals surface area contributed by atoms with Crippen LogP contribution in [0.5, 0.6) is 5.75 Å². The lowest BCUT2D eigenvalue weighted by Gasteiger charge is -2.30. The van der Waals surface area contributed by atoms with Crippen molar-refractivity contribution in [3.8, 4) is 5.75 Å². The van der Waals surface area contributed by atoms with Gasteiger partial charge in [-0.3, -0.25) is 0 Å². The highest BCUT2D eigenvalue weighted by Gasteiger charge is 2.29. The van der Waals surface area contributed by atoms with Gasteiger partial charge in [-0.05, 0) is 48.1 Å². The van der Waals surface area contributed by atoms with Gasteiger partial charge < -0.3 is 23.7 Å². The molecule has 4 atom stereocenters. The molecule has 0 amide bonds. The van der Waals surface area contributed by atoms with Crippen LogP contribution in [0.25, 0.3) is 0 Å². The van der Waals surface area contributed by atoms with Crippen LogP contribution in [-0.4, -0.2) is 39.5 Å². The van der Waals surface area contributed by atoms with Crippen LogP contribution in [-0.2, 0) is 32.0 Å². The van der Waals surface area contributed by atoms with Gasteiger partial charge in [0.1, 0.15) is 25.4 Å². The summed E-state index contributed by atoms with van der Waals surface area (Å²) < 4.78 is 23.5. The Morgan fingerprint density at radius 1 is 1.03 bits per heavy atom. The summed E-state index contributed by atoms with van der Waals surface area (Å²) in [6, 6.07) is 16.3. The van der Waals surface area contributed by atoms with E-state index >= 15 is 0 Å². The molecule has 0 aliphatic rings. The topological polar surface area (TPSA) is 54.0 Å². The predicted octanol–water partition coefficient (Wildman–Crippen LogP) is 5.44. The van der Waals surface area contributed by atoms with Gasteiger partial charge in [-0.25, -0.2) is 0 Å². The zero-order valence-corrected chi connectivity index (χ0v) is 20.3. The SMILES string of the molecule is COCO[C@@H]([C@H](C[C@H](C)Cc1cc(Br)cc(OCc2ccccc2)c1)OC)[C@@H](C)C=O. The second-order valence-electron chi connectivity index (χ2n) is 7.92. The molecule has 5 nitrogen and oxygen atoms in total. The fourth-order valence-electron chi connectivity index (χ4n) is 3.63. The summed E-state index contributed by atoms with van der Waals surface area (Å²) in [5, 5.41) is 0. The molecule has 0 aliphatic carbocycles. The number of benzene rings is 2. The number of methoxy groups -OCH3 is 2. The molecule has 0 saturated carbocycles. The maximum absolute atomic E-state index is 11.4. The van der Waals surface area contributed by atoms with Crippen molar-refractivity contribution in [2.45, 2.75) is 45.5 Å². The van der Waals surface area contributed by atoms with Crippen LogP contribution in [0.1, 0.15) is 31.4 Å². The Kier molecular flexibility index (Phi) is 11.2. The van der Waals surface area contributed by atoms with Gasteiger partial charge in [-0.15, -0.1) is 0 Å². The molecule has 0 radical (unpaired) electrons. The molecule has 0 bridgehead atoms. The highest BCUT2D eigenvalue weighted by atomic mass is 79.9. The quantitative estimate of drug-likeness (QED) is 0.259. The van der Waals surface area contributed by atoms with Crippen LogP contribution < -0.4 is 4.74 Å². The van der Waals surface area contributed by atoms with E-state index in [4.69, 9.17) is 18.9 Å². The lowest BCUT2D eigenvalue weighted by molar-refractivity contribution is -0.148. The smallest absolute Gasteiger partial charge is 0.146 e. The molecule has 0 spiro atoms. The van der Waals surface area contributed by atoms with Crippen molar-refractivity contribution in [2.24, 2.45) is 11.8 Å². The predicted molar refractivity (Wildman–Crippen MR) is 125 cm³/mol. The van der Waals surface area contributed by atoms with E-state index in [9.17, 15) is 4.79 Å². The molecule has 0 aliphatic heterocycles. The Morgan fingerprint density at radius 3 is 2.42 bits per heavy atom. The lowest BCUT2D eigenvalue weighted by Crippen LogP contribution is -2.38. The van der Waals surface area contributed by atoms with Crippen LogP contribution >= 0.6 is 15.9 Å². The number of hydrogen-bond donors (Lipinski definition) is 0. The summed E-state index contributed by atoms with van der Waals surface area (Å²) >= 11 is 3.60. The summed E-state index contributed by atoms with van der Waals surface area (Å²) in [7, 11) is 3.23. The van der Waals surface area contributed by atoms with E-state index in [0.29, 0.717) is 12.5 Å². The van der Waals surface area contributed by atoms with Gasteiger partial charge in [0, 0.05) is 24.6 Å². The first-order chi connectivity index (χ1) is 15.0. The monoisotopic (exact) mass is 492 g/mol. The average Bonchev–Trinajstić information content (AvgIpc) is 2.77. The minimum atomic E-state index is -0.350. The Hall–Kier alpha value is -1.73. The number of carbonyl (C=O) groups is 1. The molecule has 0 saturated heterocycles. The third-order valence-electron chi connectivity index (χ3n) is 5.18.